The maximum absolute atomic E-state index is 6.04. The predicted octanol–water partition coefficient (Wildman–Crippen LogP) is 5.44. The van der Waals surface area contributed by atoms with Gasteiger partial charge in [-0.1, -0.05) is 34.6 Å². The third-order valence-corrected chi connectivity index (χ3v) is 7.43. The van der Waals surface area contributed by atoms with E-state index in [0.717, 1.165) is 32.8 Å². The smallest absolute Gasteiger partial charge is 0.181 e. The van der Waals surface area contributed by atoms with Crippen molar-refractivity contribution in [2.45, 2.75) is 46.0 Å². The van der Waals surface area contributed by atoms with Crippen LogP contribution in [0.3, 0.4) is 0 Å². The number of rotatable bonds is 2. The molecule has 25 heavy (non-hydrogen) atoms. The summed E-state index contributed by atoms with van der Waals surface area (Å²) in [7, 11) is 0. The first-order valence-corrected chi connectivity index (χ1v) is 10.4. The van der Waals surface area contributed by atoms with Crippen molar-refractivity contribution in [2.24, 2.45) is 0 Å². The Bertz CT molecular complexity index is 795. The van der Waals surface area contributed by atoms with Gasteiger partial charge in [0.25, 0.3) is 0 Å². The Kier molecular flexibility index (Phi) is 4.15. The molecular formula is C19H24O4S2. The SMILES string of the molecule is CC(C)c1sc(-c2sc(C(C)(C)C)c3c2OCCO3)c2c1OCCO2. The molecular weight excluding hydrogens is 356 g/mol. The second kappa shape index (κ2) is 6.09. The van der Waals surface area contributed by atoms with Crippen molar-refractivity contribution in [1.82, 2.24) is 0 Å². The first-order valence-electron chi connectivity index (χ1n) is 8.73. The average molecular weight is 381 g/mol. The van der Waals surface area contributed by atoms with Gasteiger partial charge < -0.3 is 18.9 Å². The third-order valence-electron chi connectivity index (χ3n) is 4.24. The fourth-order valence-corrected chi connectivity index (χ4v) is 5.66. The lowest BCUT2D eigenvalue weighted by atomic mass is 9.94. The van der Waals surface area contributed by atoms with Gasteiger partial charge in [0.05, 0.1) is 19.5 Å². The van der Waals surface area contributed by atoms with E-state index in [9.17, 15) is 0 Å². The Morgan fingerprint density at radius 2 is 1.20 bits per heavy atom. The van der Waals surface area contributed by atoms with Crippen molar-refractivity contribution in [3.63, 3.8) is 0 Å². The van der Waals surface area contributed by atoms with E-state index < -0.39 is 0 Å². The molecule has 0 saturated heterocycles. The average Bonchev–Trinajstić information content (AvgIpc) is 3.13. The van der Waals surface area contributed by atoms with Gasteiger partial charge in [-0.15, -0.1) is 22.7 Å². The minimum Gasteiger partial charge on any atom is -0.485 e. The quantitative estimate of drug-likeness (QED) is 0.695. The van der Waals surface area contributed by atoms with Gasteiger partial charge in [0.15, 0.2) is 23.0 Å². The largest absolute Gasteiger partial charge is 0.485 e. The van der Waals surface area contributed by atoms with E-state index in [-0.39, 0.29) is 5.41 Å². The molecule has 0 saturated carbocycles. The summed E-state index contributed by atoms with van der Waals surface area (Å²) < 4.78 is 24.0. The predicted molar refractivity (Wildman–Crippen MR) is 102 cm³/mol. The highest BCUT2D eigenvalue weighted by Crippen LogP contribution is 2.60. The van der Waals surface area contributed by atoms with Gasteiger partial charge in [-0.3, -0.25) is 0 Å². The highest BCUT2D eigenvalue weighted by Gasteiger charge is 2.35. The molecule has 2 aliphatic rings. The van der Waals surface area contributed by atoms with Crippen molar-refractivity contribution in [2.75, 3.05) is 26.4 Å². The van der Waals surface area contributed by atoms with Gasteiger partial charge in [-0.25, -0.2) is 0 Å². The molecule has 0 unspecified atom stereocenters. The van der Waals surface area contributed by atoms with Crippen molar-refractivity contribution in [3.8, 4) is 32.8 Å². The second-order valence-electron chi connectivity index (χ2n) is 7.67. The minimum absolute atomic E-state index is 0.00323. The van der Waals surface area contributed by atoms with E-state index in [1.165, 1.54) is 9.75 Å². The lowest BCUT2D eigenvalue weighted by Gasteiger charge is -2.22. The summed E-state index contributed by atoms with van der Waals surface area (Å²) in [6, 6.07) is 0. The van der Waals surface area contributed by atoms with E-state index >= 15 is 0 Å². The summed E-state index contributed by atoms with van der Waals surface area (Å²) in [4.78, 5) is 4.68. The molecule has 6 heteroatoms. The Hall–Kier alpha value is -1.40. The van der Waals surface area contributed by atoms with Gasteiger partial charge in [0.2, 0.25) is 0 Å². The lowest BCUT2D eigenvalue weighted by molar-refractivity contribution is 0.169. The number of fused-ring (bicyclic) bond motifs is 2. The molecule has 0 N–H and O–H groups in total. The van der Waals surface area contributed by atoms with Crippen LogP contribution in [0.2, 0.25) is 0 Å². The van der Waals surface area contributed by atoms with Crippen LogP contribution in [0.25, 0.3) is 9.75 Å². The Balaban J connectivity index is 1.92. The molecule has 0 aliphatic carbocycles. The minimum atomic E-state index is 0.00323. The molecule has 0 bridgehead atoms. The summed E-state index contributed by atoms with van der Waals surface area (Å²) in [5.74, 6) is 3.96. The molecule has 2 aliphatic heterocycles. The maximum atomic E-state index is 6.04. The fraction of sp³-hybridized carbons (Fsp3) is 0.579. The van der Waals surface area contributed by atoms with Crippen molar-refractivity contribution in [1.29, 1.82) is 0 Å². The second-order valence-corrected chi connectivity index (χ2v) is 9.74. The summed E-state index contributed by atoms with van der Waals surface area (Å²) >= 11 is 3.52. The van der Waals surface area contributed by atoms with Crippen LogP contribution in [0.15, 0.2) is 0 Å². The molecule has 136 valence electrons. The van der Waals surface area contributed by atoms with E-state index in [1.807, 2.05) is 0 Å². The first-order chi connectivity index (χ1) is 11.9. The van der Waals surface area contributed by atoms with Gasteiger partial charge in [0.1, 0.15) is 26.4 Å². The lowest BCUT2D eigenvalue weighted by Crippen LogP contribution is -2.18. The molecule has 0 aromatic carbocycles. The molecule has 2 aromatic rings. The molecule has 4 rings (SSSR count). The summed E-state index contributed by atoms with van der Waals surface area (Å²) in [5, 5.41) is 0. The molecule has 2 aromatic heterocycles. The van der Waals surface area contributed by atoms with Gasteiger partial charge >= 0.3 is 0 Å². The Morgan fingerprint density at radius 3 is 1.76 bits per heavy atom. The van der Waals surface area contributed by atoms with Gasteiger partial charge in [-0.2, -0.15) is 0 Å². The molecule has 0 spiro atoms. The fourth-order valence-electron chi connectivity index (χ4n) is 3.10. The Labute approximate surface area is 156 Å². The normalized spacial score (nSPS) is 16.4. The summed E-state index contributed by atoms with van der Waals surface area (Å²) in [6.07, 6.45) is 0. The first kappa shape index (κ1) is 17.0. The number of hydrogen-bond donors (Lipinski definition) is 0. The van der Waals surface area contributed by atoms with Crippen molar-refractivity contribution in [3.05, 3.63) is 9.75 Å². The van der Waals surface area contributed by atoms with E-state index in [2.05, 4.69) is 34.6 Å². The highest BCUT2D eigenvalue weighted by atomic mass is 32.1. The van der Waals surface area contributed by atoms with E-state index in [1.54, 1.807) is 22.7 Å². The number of thiophene rings is 2. The van der Waals surface area contributed by atoms with Crippen LogP contribution in [0.4, 0.5) is 0 Å². The molecule has 0 atom stereocenters. The Morgan fingerprint density at radius 1 is 0.720 bits per heavy atom. The van der Waals surface area contributed by atoms with Gasteiger partial charge in [0, 0.05) is 5.41 Å². The maximum Gasteiger partial charge on any atom is 0.181 e. The van der Waals surface area contributed by atoms with Crippen LogP contribution >= 0.6 is 22.7 Å². The molecule has 0 fully saturated rings. The zero-order valence-corrected chi connectivity index (χ0v) is 17.0. The molecule has 0 radical (unpaired) electrons. The van der Waals surface area contributed by atoms with Crippen LogP contribution in [0, 0.1) is 0 Å². The van der Waals surface area contributed by atoms with Crippen molar-refractivity contribution >= 4 is 22.7 Å². The topological polar surface area (TPSA) is 36.9 Å². The number of ether oxygens (including phenoxy) is 4. The summed E-state index contributed by atoms with van der Waals surface area (Å²) in [6.45, 7) is 13.4. The molecule has 0 amide bonds. The zero-order chi connectivity index (χ0) is 17.8. The molecule has 4 nitrogen and oxygen atoms in total. The standard InChI is InChI=1S/C19H24O4S2/c1-10(2)15-11-12(21-7-6-20-11)16(24-15)17-13-14(23-9-8-22-13)18(25-17)19(3,4)5/h10H,6-9H2,1-5H3. The van der Waals surface area contributed by atoms with Crippen LogP contribution in [0.1, 0.15) is 50.3 Å². The monoisotopic (exact) mass is 380 g/mol. The third kappa shape index (κ3) is 2.79. The van der Waals surface area contributed by atoms with Crippen LogP contribution < -0.4 is 18.9 Å². The van der Waals surface area contributed by atoms with E-state index in [0.29, 0.717) is 32.3 Å². The van der Waals surface area contributed by atoms with Crippen molar-refractivity contribution < 1.29 is 18.9 Å². The van der Waals surface area contributed by atoms with Crippen LogP contribution in [-0.4, -0.2) is 26.4 Å². The van der Waals surface area contributed by atoms with E-state index in [4.69, 9.17) is 18.9 Å². The molecule has 4 heterocycles. The zero-order valence-electron chi connectivity index (χ0n) is 15.4. The van der Waals surface area contributed by atoms with Crippen LogP contribution in [-0.2, 0) is 5.41 Å². The van der Waals surface area contributed by atoms with Crippen LogP contribution in [0.5, 0.6) is 23.0 Å². The number of hydrogen-bond acceptors (Lipinski definition) is 6. The van der Waals surface area contributed by atoms with Gasteiger partial charge in [-0.05, 0) is 5.92 Å². The highest BCUT2D eigenvalue weighted by molar-refractivity contribution is 7.23. The summed E-state index contributed by atoms with van der Waals surface area (Å²) in [5.41, 5.74) is 0.00323.